The van der Waals surface area contributed by atoms with Gasteiger partial charge in [-0.3, -0.25) is 0 Å². The topological polar surface area (TPSA) is 58.2 Å². The Hall–Kier alpha value is -0.430. The minimum atomic E-state index is -3.40. The zero-order chi connectivity index (χ0) is 14.8. The second kappa shape index (κ2) is 6.13. The van der Waals surface area contributed by atoms with Gasteiger partial charge in [-0.1, -0.05) is 13.3 Å². The van der Waals surface area contributed by atoms with Crippen LogP contribution in [0.4, 0.5) is 0 Å². The normalized spacial score (nSPS) is 17.9. The number of sulfonamides is 1. The summed E-state index contributed by atoms with van der Waals surface area (Å²) in [5.74, 6) is 0. The molecule has 0 aromatic carbocycles. The fourth-order valence-electron chi connectivity index (χ4n) is 2.78. The van der Waals surface area contributed by atoms with Gasteiger partial charge in [0.15, 0.2) is 0 Å². The van der Waals surface area contributed by atoms with Crippen molar-refractivity contribution >= 4 is 21.4 Å². The van der Waals surface area contributed by atoms with Gasteiger partial charge >= 0.3 is 0 Å². The summed E-state index contributed by atoms with van der Waals surface area (Å²) in [6.07, 6.45) is 4.54. The van der Waals surface area contributed by atoms with Crippen molar-refractivity contribution in [3.63, 3.8) is 0 Å². The quantitative estimate of drug-likeness (QED) is 0.813. The third-order valence-corrected chi connectivity index (χ3v) is 7.26. The Kier molecular flexibility index (Phi) is 4.89. The van der Waals surface area contributed by atoms with Crippen molar-refractivity contribution in [2.24, 2.45) is 5.41 Å². The van der Waals surface area contributed by atoms with Crippen LogP contribution in [0, 0.1) is 12.3 Å². The highest BCUT2D eigenvalue weighted by atomic mass is 32.2. The molecule has 0 saturated heterocycles. The van der Waals surface area contributed by atoms with Crippen LogP contribution in [0.15, 0.2) is 10.3 Å². The Balaban J connectivity index is 2.16. The molecule has 0 atom stereocenters. The Morgan fingerprint density at radius 2 is 2.10 bits per heavy atom. The number of aryl methyl sites for hydroxylation is 1. The summed E-state index contributed by atoms with van der Waals surface area (Å²) in [5, 5.41) is 4.95. The molecule has 6 heteroatoms. The van der Waals surface area contributed by atoms with Crippen LogP contribution >= 0.6 is 11.3 Å². The second-order valence-corrected chi connectivity index (χ2v) is 8.40. The van der Waals surface area contributed by atoms with Crippen molar-refractivity contribution in [1.82, 2.24) is 10.0 Å². The predicted molar refractivity (Wildman–Crippen MR) is 83.6 cm³/mol. The van der Waals surface area contributed by atoms with Gasteiger partial charge in [-0.25, -0.2) is 13.1 Å². The third kappa shape index (κ3) is 3.08. The van der Waals surface area contributed by atoms with Crippen LogP contribution in [0.25, 0.3) is 0 Å². The molecule has 0 unspecified atom stereocenters. The minimum Gasteiger partial charge on any atom is -0.315 e. The van der Waals surface area contributed by atoms with E-state index in [1.807, 2.05) is 19.4 Å². The van der Waals surface area contributed by atoms with Gasteiger partial charge in [-0.05, 0) is 49.6 Å². The van der Waals surface area contributed by atoms with Crippen molar-refractivity contribution in [3.05, 3.63) is 15.8 Å². The first-order chi connectivity index (χ1) is 9.44. The summed E-state index contributed by atoms with van der Waals surface area (Å²) in [5.41, 5.74) is 1.03. The third-order valence-electron chi connectivity index (χ3n) is 4.40. The van der Waals surface area contributed by atoms with Crippen molar-refractivity contribution in [3.8, 4) is 0 Å². The maximum Gasteiger partial charge on any atom is 0.242 e. The molecule has 20 heavy (non-hydrogen) atoms. The van der Waals surface area contributed by atoms with E-state index in [1.165, 1.54) is 17.8 Å². The van der Waals surface area contributed by atoms with Gasteiger partial charge in [-0.15, -0.1) is 11.3 Å². The lowest BCUT2D eigenvalue weighted by Crippen LogP contribution is -2.41. The number of thiophene rings is 1. The standard InChI is InChI=1S/C14H24N2O2S2/c1-4-14(6-5-7-14)10-16-20(17,18)13-11(2)9-19-12(13)8-15-3/h9,15-16H,4-8,10H2,1-3H3. The monoisotopic (exact) mass is 316 g/mol. The summed E-state index contributed by atoms with van der Waals surface area (Å²) in [6.45, 7) is 5.17. The fraction of sp³-hybridized carbons (Fsp3) is 0.714. The molecule has 1 aromatic rings. The molecule has 0 bridgehead atoms. The maximum atomic E-state index is 12.6. The molecule has 1 aliphatic rings. The van der Waals surface area contributed by atoms with Crippen molar-refractivity contribution in [2.45, 2.75) is 51.0 Å². The van der Waals surface area contributed by atoms with Crippen LogP contribution in [0.2, 0.25) is 0 Å². The molecule has 1 aliphatic carbocycles. The zero-order valence-corrected chi connectivity index (χ0v) is 14.1. The lowest BCUT2D eigenvalue weighted by Gasteiger charge is -2.41. The molecule has 0 spiro atoms. The number of nitrogens with one attached hydrogen (secondary N) is 2. The molecule has 2 rings (SSSR count). The largest absolute Gasteiger partial charge is 0.315 e. The van der Waals surface area contributed by atoms with E-state index < -0.39 is 10.0 Å². The van der Waals surface area contributed by atoms with Crippen LogP contribution in [0.1, 0.15) is 43.0 Å². The summed E-state index contributed by atoms with van der Waals surface area (Å²) < 4.78 is 28.0. The van der Waals surface area contributed by atoms with Crippen LogP contribution in [-0.2, 0) is 16.6 Å². The lowest BCUT2D eigenvalue weighted by atomic mass is 9.67. The van der Waals surface area contributed by atoms with Gasteiger partial charge in [0.2, 0.25) is 10.0 Å². The molecule has 0 amide bonds. The molecule has 4 nitrogen and oxygen atoms in total. The fourth-order valence-corrected chi connectivity index (χ4v) is 5.76. The molecule has 114 valence electrons. The summed E-state index contributed by atoms with van der Waals surface area (Å²) in [7, 11) is -1.57. The Labute approximate surface area is 126 Å². The van der Waals surface area contributed by atoms with Crippen molar-refractivity contribution < 1.29 is 8.42 Å². The first-order valence-electron chi connectivity index (χ1n) is 7.15. The summed E-state index contributed by atoms with van der Waals surface area (Å²) >= 11 is 1.50. The van der Waals surface area contributed by atoms with Gasteiger partial charge in [0.25, 0.3) is 0 Å². The van der Waals surface area contributed by atoms with Gasteiger partial charge in [0.05, 0.1) is 0 Å². The molecule has 1 heterocycles. The van der Waals surface area contributed by atoms with E-state index >= 15 is 0 Å². The second-order valence-electron chi connectivity index (χ2n) is 5.73. The summed E-state index contributed by atoms with van der Waals surface area (Å²) in [6, 6.07) is 0. The van der Waals surface area contributed by atoms with E-state index in [9.17, 15) is 8.42 Å². The predicted octanol–water partition coefficient (Wildman–Crippen LogP) is 2.63. The average Bonchev–Trinajstić information content (AvgIpc) is 2.71. The molecule has 2 N–H and O–H groups in total. The highest BCUT2D eigenvalue weighted by Crippen LogP contribution is 2.43. The SMILES string of the molecule is CCC1(CNS(=O)(=O)c2c(C)csc2CNC)CCC1. The Bertz CT molecular complexity index is 554. The van der Waals surface area contributed by atoms with Crippen molar-refractivity contribution in [2.75, 3.05) is 13.6 Å². The maximum absolute atomic E-state index is 12.6. The van der Waals surface area contributed by atoms with E-state index in [0.717, 1.165) is 29.7 Å². The highest BCUT2D eigenvalue weighted by molar-refractivity contribution is 7.89. The molecule has 0 aliphatic heterocycles. The zero-order valence-electron chi connectivity index (χ0n) is 12.5. The smallest absolute Gasteiger partial charge is 0.242 e. The average molecular weight is 316 g/mol. The van der Waals surface area contributed by atoms with E-state index in [0.29, 0.717) is 18.0 Å². The van der Waals surface area contributed by atoms with Crippen LogP contribution in [0.3, 0.4) is 0 Å². The summed E-state index contributed by atoms with van der Waals surface area (Å²) in [4.78, 5) is 1.36. The minimum absolute atomic E-state index is 0.195. The molecular formula is C14H24N2O2S2. The van der Waals surface area contributed by atoms with Gasteiger partial charge in [-0.2, -0.15) is 0 Å². The Morgan fingerprint density at radius 3 is 2.60 bits per heavy atom. The number of hydrogen-bond acceptors (Lipinski definition) is 4. The molecule has 0 radical (unpaired) electrons. The first kappa shape index (κ1) is 15.9. The van der Waals surface area contributed by atoms with Gasteiger partial charge < -0.3 is 5.32 Å². The Morgan fingerprint density at radius 1 is 1.40 bits per heavy atom. The van der Waals surface area contributed by atoms with E-state index in [2.05, 4.69) is 17.0 Å². The molecule has 1 saturated carbocycles. The number of hydrogen-bond donors (Lipinski definition) is 2. The van der Waals surface area contributed by atoms with Crippen LogP contribution in [0.5, 0.6) is 0 Å². The van der Waals surface area contributed by atoms with E-state index in [-0.39, 0.29) is 5.41 Å². The van der Waals surface area contributed by atoms with E-state index in [1.54, 1.807) is 0 Å². The first-order valence-corrected chi connectivity index (χ1v) is 9.51. The van der Waals surface area contributed by atoms with Crippen LogP contribution < -0.4 is 10.0 Å². The highest BCUT2D eigenvalue weighted by Gasteiger charge is 2.36. The van der Waals surface area contributed by atoms with Crippen molar-refractivity contribution in [1.29, 1.82) is 0 Å². The van der Waals surface area contributed by atoms with Crippen LogP contribution in [-0.4, -0.2) is 22.0 Å². The number of rotatable bonds is 7. The molecule has 1 fully saturated rings. The lowest BCUT2D eigenvalue weighted by molar-refractivity contribution is 0.133. The molecule has 1 aromatic heterocycles. The van der Waals surface area contributed by atoms with E-state index in [4.69, 9.17) is 0 Å². The van der Waals surface area contributed by atoms with Gasteiger partial charge in [0.1, 0.15) is 4.90 Å². The molecular weight excluding hydrogens is 292 g/mol. The van der Waals surface area contributed by atoms with Gasteiger partial charge in [0, 0.05) is 18.0 Å².